The number of halogens is 3. The first-order chi connectivity index (χ1) is 15.6. The quantitative estimate of drug-likeness (QED) is 0.488. The van der Waals surface area contributed by atoms with Gasteiger partial charge in [-0.05, 0) is 56.3 Å². The van der Waals surface area contributed by atoms with Gasteiger partial charge >= 0.3 is 12.3 Å². The maximum absolute atomic E-state index is 12.3. The number of anilines is 1. The minimum Gasteiger partial charge on any atom is -0.489 e. The minimum absolute atomic E-state index is 0.174. The molecule has 0 bridgehead atoms. The maximum Gasteiger partial charge on any atom is 0.573 e. The number of ether oxygens (including phenoxy) is 3. The summed E-state index contributed by atoms with van der Waals surface area (Å²) in [5.74, 6) is -0.796. The highest BCUT2D eigenvalue weighted by Gasteiger charge is 2.31. The van der Waals surface area contributed by atoms with E-state index in [1.54, 1.807) is 26.0 Å². The van der Waals surface area contributed by atoms with Crippen LogP contribution in [-0.2, 0) is 16.1 Å². The Balaban J connectivity index is 1.50. The maximum atomic E-state index is 12.3. The number of aromatic nitrogens is 1. The summed E-state index contributed by atoms with van der Waals surface area (Å²) in [5.41, 5.74) is 1.89. The van der Waals surface area contributed by atoms with Gasteiger partial charge in [-0.25, -0.2) is 4.79 Å². The Morgan fingerprint density at radius 3 is 2.42 bits per heavy atom. The van der Waals surface area contributed by atoms with Crippen LogP contribution >= 0.6 is 0 Å². The summed E-state index contributed by atoms with van der Waals surface area (Å²) in [7, 11) is 0. The third-order valence-electron chi connectivity index (χ3n) is 4.34. The van der Waals surface area contributed by atoms with E-state index in [1.165, 1.54) is 24.3 Å². The van der Waals surface area contributed by atoms with Crippen molar-refractivity contribution in [1.82, 2.24) is 5.16 Å². The smallest absolute Gasteiger partial charge is 0.489 e. The van der Waals surface area contributed by atoms with Gasteiger partial charge in [-0.1, -0.05) is 11.2 Å². The van der Waals surface area contributed by atoms with E-state index in [9.17, 15) is 22.8 Å². The second-order valence-corrected chi connectivity index (χ2v) is 6.82. The molecular formula is C22H19F3N2O6. The number of rotatable bonds is 8. The second kappa shape index (κ2) is 10.1. The molecule has 0 aliphatic rings. The molecule has 11 heteroatoms. The largest absolute Gasteiger partial charge is 0.573 e. The molecule has 3 rings (SSSR count). The first-order valence-corrected chi connectivity index (χ1v) is 9.58. The average Bonchev–Trinajstić information content (AvgIpc) is 3.08. The standard InChI is InChI=1S/C22H19F3N2O6/c1-13-19(14(2)33-27-13)11-30-18-5-3-4-15(10-18)21(29)31-12-20(28)26-16-6-8-17(9-7-16)32-22(23,24)25/h3-10H,11-12H2,1-2H3,(H,26,28). The summed E-state index contributed by atoms with van der Waals surface area (Å²) in [6, 6.07) is 10.8. The molecule has 0 spiro atoms. The van der Waals surface area contributed by atoms with Gasteiger partial charge in [0.25, 0.3) is 5.91 Å². The van der Waals surface area contributed by atoms with Crippen LogP contribution in [0.2, 0.25) is 0 Å². The Morgan fingerprint density at radius 1 is 1.06 bits per heavy atom. The number of alkyl halides is 3. The van der Waals surface area contributed by atoms with Gasteiger partial charge in [0.1, 0.15) is 23.9 Å². The van der Waals surface area contributed by atoms with Gasteiger partial charge in [-0.15, -0.1) is 13.2 Å². The Hall–Kier alpha value is -4.02. The fraction of sp³-hybridized carbons (Fsp3) is 0.227. The molecule has 2 aromatic carbocycles. The van der Waals surface area contributed by atoms with Crippen molar-refractivity contribution in [3.05, 3.63) is 71.1 Å². The Morgan fingerprint density at radius 2 is 1.79 bits per heavy atom. The van der Waals surface area contributed by atoms with Crippen LogP contribution in [0.3, 0.4) is 0 Å². The number of aryl methyl sites for hydroxylation is 2. The topological polar surface area (TPSA) is 99.9 Å². The van der Waals surface area contributed by atoms with E-state index in [0.717, 1.165) is 17.7 Å². The van der Waals surface area contributed by atoms with Crippen LogP contribution in [0.5, 0.6) is 11.5 Å². The molecule has 0 saturated heterocycles. The molecule has 0 atom stereocenters. The van der Waals surface area contributed by atoms with E-state index >= 15 is 0 Å². The number of amides is 1. The van der Waals surface area contributed by atoms with Gasteiger partial charge in [-0.3, -0.25) is 4.79 Å². The summed E-state index contributed by atoms with van der Waals surface area (Å²) in [5, 5.41) is 6.25. The van der Waals surface area contributed by atoms with Gasteiger partial charge in [0, 0.05) is 5.69 Å². The summed E-state index contributed by atoms with van der Waals surface area (Å²) in [6.45, 7) is 3.17. The Kier molecular flexibility index (Phi) is 7.21. The number of hydrogen-bond donors (Lipinski definition) is 1. The van der Waals surface area contributed by atoms with Crippen molar-refractivity contribution in [2.75, 3.05) is 11.9 Å². The fourth-order valence-corrected chi connectivity index (χ4v) is 2.73. The number of benzene rings is 2. The predicted molar refractivity (Wildman–Crippen MR) is 109 cm³/mol. The molecule has 3 aromatic rings. The van der Waals surface area contributed by atoms with Crippen molar-refractivity contribution >= 4 is 17.6 Å². The predicted octanol–water partition coefficient (Wildman–Crippen LogP) is 4.56. The molecule has 0 radical (unpaired) electrons. The lowest BCUT2D eigenvalue weighted by molar-refractivity contribution is -0.274. The van der Waals surface area contributed by atoms with Gasteiger partial charge in [0.15, 0.2) is 6.61 Å². The zero-order valence-electron chi connectivity index (χ0n) is 17.6. The highest BCUT2D eigenvalue weighted by molar-refractivity contribution is 5.95. The van der Waals surface area contributed by atoms with Crippen molar-refractivity contribution in [2.24, 2.45) is 0 Å². The first kappa shape index (κ1) is 23.6. The molecule has 1 N–H and O–H groups in total. The van der Waals surface area contributed by atoms with E-state index in [-0.39, 0.29) is 17.9 Å². The van der Waals surface area contributed by atoms with E-state index < -0.39 is 30.6 Å². The van der Waals surface area contributed by atoms with Crippen LogP contribution in [0.1, 0.15) is 27.4 Å². The van der Waals surface area contributed by atoms with Crippen LogP contribution in [-0.4, -0.2) is 30.0 Å². The molecule has 1 heterocycles. The lowest BCUT2D eigenvalue weighted by Gasteiger charge is -2.10. The zero-order valence-corrected chi connectivity index (χ0v) is 17.6. The molecule has 1 aromatic heterocycles. The zero-order chi connectivity index (χ0) is 24.0. The summed E-state index contributed by atoms with van der Waals surface area (Å²) in [6.07, 6.45) is -4.81. The highest BCUT2D eigenvalue weighted by atomic mass is 19.4. The van der Waals surface area contributed by atoms with Gasteiger partial charge in [0.2, 0.25) is 0 Å². The van der Waals surface area contributed by atoms with E-state index in [0.29, 0.717) is 17.2 Å². The van der Waals surface area contributed by atoms with Crippen molar-refractivity contribution in [3.8, 4) is 11.5 Å². The second-order valence-electron chi connectivity index (χ2n) is 6.82. The Labute approximate surface area is 186 Å². The number of esters is 1. The van der Waals surface area contributed by atoms with Crippen molar-refractivity contribution in [3.63, 3.8) is 0 Å². The fourth-order valence-electron chi connectivity index (χ4n) is 2.73. The van der Waals surface area contributed by atoms with Crippen molar-refractivity contribution in [2.45, 2.75) is 26.8 Å². The van der Waals surface area contributed by atoms with E-state index in [4.69, 9.17) is 14.0 Å². The molecule has 0 aliphatic heterocycles. The highest BCUT2D eigenvalue weighted by Crippen LogP contribution is 2.24. The molecule has 0 aliphatic carbocycles. The monoisotopic (exact) mass is 464 g/mol. The summed E-state index contributed by atoms with van der Waals surface area (Å²) < 4.78 is 56.0. The number of hydrogen-bond acceptors (Lipinski definition) is 7. The van der Waals surface area contributed by atoms with Crippen molar-refractivity contribution in [1.29, 1.82) is 0 Å². The third-order valence-corrected chi connectivity index (χ3v) is 4.34. The molecule has 33 heavy (non-hydrogen) atoms. The molecule has 0 saturated carbocycles. The number of nitrogens with one attached hydrogen (secondary N) is 1. The van der Waals surface area contributed by atoms with Crippen LogP contribution < -0.4 is 14.8 Å². The van der Waals surface area contributed by atoms with Crippen LogP contribution in [0.4, 0.5) is 18.9 Å². The summed E-state index contributed by atoms with van der Waals surface area (Å²) >= 11 is 0. The van der Waals surface area contributed by atoms with E-state index in [1.807, 2.05) is 0 Å². The number of nitrogens with zero attached hydrogens (tertiary/aromatic N) is 1. The third kappa shape index (κ3) is 6.99. The Bertz CT molecular complexity index is 1110. The van der Waals surface area contributed by atoms with Gasteiger partial charge < -0.3 is 24.1 Å². The van der Waals surface area contributed by atoms with Gasteiger partial charge in [-0.2, -0.15) is 0 Å². The van der Waals surface area contributed by atoms with Gasteiger partial charge in [0.05, 0.1) is 16.8 Å². The molecule has 0 fully saturated rings. The minimum atomic E-state index is -4.81. The molecule has 174 valence electrons. The lowest BCUT2D eigenvalue weighted by atomic mass is 10.2. The molecule has 0 unspecified atom stereocenters. The molecule has 1 amide bonds. The number of carbonyl (C=O) groups is 2. The summed E-state index contributed by atoms with van der Waals surface area (Å²) in [4.78, 5) is 24.3. The average molecular weight is 464 g/mol. The first-order valence-electron chi connectivity index (χ1n) is 9.58. The molecular weight excluding hydrogens is 445 g/mol. The van der Waals surface area contributed by atoms with Crippen molar-refractivity contribution < 1.29 is 41.5 Å². The lowest BCUT2D eigenvalue weighted by Crippen LogP contribution is -2.21. The number of carbonyl (C=O) groups excluding carboxylic acids is 2. The van der Waals surface area contributed by atoms with E-state index in [2.05, 4.69) is 15.2 Å². The normalized spacial score (nSPS) is 11.1. The SMILES string of the molecule is Cc1noc(C)c1COc1cccc(C(=O)OCC(=O)Nc2ccc(OC(F)(F)F)cc2)c1. The molecule has 8 nitrogen and oxygen atoms in total. The van der Waals surface area contributed by atoms with Crippen LogP contribution in [0.25, 0.3) is 0 Å². The van der Waals surface area contributed by atoms with Crippen LogP contribution in [0.15, 0.2) is 53.1 Å². The van der Waals surface area contributed by atoms with Crippen LogP contribution in [0, 0.1) is 13.8 Å².